The van der Waals surface area contributed by atoms with E-state index in [1.165, 1.54) is 0 Å². The average Bonchev–Trinajstić information content (AvgIpc) is 2.10. The van der Waals surface area contributed by atoms with E-state index >= 15 is 0 Å². The van der Waals surface area contributed by atoms with Crippen LogP contribution in [-0.4, -0.2) is 25.9 Å². The molecule has 1 aromatic carbocycles. The van der Waals surface area contributed by atoms with E-state index in [1.54, 1.807) is 0 Å². The molecule has 1 rings (SSSR count). The Kier molecular flexibility index (Phi) is 11.0. The molecule has 0 aliphatic carbocycles. The summed E-state index contributed by atoms with van der Waals surface area (Å²) in [6.45, 7) is 0. The van der Waals surface area contributed by atoms with Crippen molar-refractivity contribution in [1.29, 1.82) is 0 Å². The fraction of sp³-hybridized carbons (Fsp3) is 0. The number of anilines is 1. The minimum absolute atomic E-state index is 0. The Hall–Kier alpha value is 1.67. The summed E-state index contributed by atoms with van der Waals surface area (Å²) in [4.78, 5) is 0.951. The van der Waals surface area contributed by atoms with E-state index in [0.29, 0.717) is 0 Å². The van der Waals surface area contributed by atoms with E-state index < -0.39 is 40.8 Å². The van der Waals surface area contributed by atoms with Crippen LogP contribution in [0.25, 0.3) is 0 Å². The summed E-state index contributed by atoms with van der Waals surface area (Å²) in [5, 5.41) is -0.895. The first-order valence-electron chi connectivity index (χ1n) is 4.06. The molecule has 0 aromatic heterocycles. The van der Waals surface area contributed by atoms with Crippen LogP contribution in [0.3, 0.4) is 0 Å². The molecule has 1 aromatic rings. The molecule has 0 radical (unpaired) electrons. The van der Waals surface area contributed by atoms with Gasteiger partial charge in [0.05, 0.1) is 10.0 Å². The first-order valence-corrected chi connectivity index (χ1v) is 7.96. The summed E-state index contributed by atoms with van der Waals surface area (Å²) in [7, 11) is -10.7. The van der Waals surface area contributed by atoms with Crippen LogP contribution in [0.2, 0.25) is 15.1 Å². The van der Waals surface area contributed by atoms with Crippen LogP contribution in [0.1, 0.15) is 0 Å². The second kappa shape index (κ2) is 9.23. The molecule has 108 valence electrons. The van der Waals surface area contributed by atoms with Gasteiger partial charge in [-0.1, -0.05) is 34.8 Å². The third-order valence-corrected chi connectivity index (χ3v) is 3.64. The Labute approximate surface area is 180 Å². The molecule has 0 aliphatic heterocycles. The summed E-state index contributed by atoms with van der Waals surface area (Å²) >= 11 is 16.8. The van der Waals surface area contributed by atoms with Gasteiger partial charge >= 0.3 is 59.1 Å². The second-order valence-electron chi connectivity index (χ2n) is 2.99. The summed E-state index contributed by atoms with van der Waals surface area (Å²) in [5.74, 6) is 0. The topological polar surface area (TPSA) is 130 Å². The summed E-state index contributed by atoms with van der Waals surface area (Å²) in [6.07, 6.45) is 0. The molecule has 0 saturated heterocycles. The van der Waals surface area contributed by atoms with Gasteiger partial charge in [0.1, 0.15) is 5.69 Å². The predicted octanol–water partition coefficient (Wildman–Crippen LogP) is -5.11. The zero-order chi connectivity index (χ0) is 15.0. The van der Waals surface area contributed by atoms with Crippen molar-refractivity contribution in [3.8, 4) is 0 Å². The van der Waals surface area contributed by atoms with Gasteiger partial charge in [-0.15, -0.1) is 4.83 Å². The van der Waals surface area contributed by atoms with Gasteiger partial charge in [0.25, 0.3) is 0 Å². The Morgan fingerprint density at radius 3 is 1.62 bits per heavy atom. The maximum Gasteiger partial charge on any atom is 1.00 e. The van der Waals surface area contributed by atoms with Gasteiger partial charge in [-0.25, -0.2) is 16.8 Å². The van der Waals surface area contributed by atoms with Crippen molar-refractivity contribution in [3.63, 3.8) is 0 Å². The van der Waals surface area contributed by atoms with Crippen LogP contribution >= 0.6 is 34.8 Å². The normalized spacial score (nSPS) is 11.3. The molecule has 21 heavy (non-hydrogen) atoms. The smallest absolute Gasteiger partial charge is 0.734 e. The van der Waals surface area contributed by atoms with E-state index in [2.05, 4.69) is 0 Å². The number of benzene rings is 1. The third kappa shape index (κ3) is 7.86. The third-order valence-electron chi connectivity index (χ3n) is 1.60. The molecular weight excluding hydrogens is 413 g/mol. The molecule has 0 aliphatic rings. The van der Waals surface area contributed by atoms with Gasteiger partial charge in [0.15, 0.2) is 20.6 Å². The van der Waals surface area contributed by atoms with E-state index in [1.807, 2.05) is 0 Å². The Morgan fingerprint density at radius 2 is 1.33 bits per heavy atom. The fourth-order valence-corrected chi connectivity index (χ4v) is 3.47. The Balaban J connectivity index is 0. The van der Waals surface area contributed by atoms with Gasteiger partial charge in [0.2, 0.25) is 0 Å². The largest absolute Gasteiger partial charge is 1.00 e. The van der Waals surface area contributed by atoms with Crippen LogP contribution in [0.4, 0.5) is 5.69 Å². The standard InChI is InChI=1S/C6H5Cl3N2O6S2.2Na/c7-3-1-4(8)6(5(9)2-3)11(19(15,16)17)10-18(12,13)14;;/h1-2,10H,(H,12,13,14)(H,15,16,17);;/q;2*+1/p-2. The SMILES string of the molecule is O=S(=O)([O-])NN(c1c(Cl)cc(Cl)cc1Cl)S(=O)(=O)[O-].[Na+].[Na+]. The minimum atomic E-state index is -5.43. The van der Waals surface area contributed by atoms with Crippen molar-refractivity contribution in [3.05, 3.63) is 27.2 Å². The number of hydrazine groups is 1. The maximum absolute atomic E-state index is 11.0. The molecule has 0 amide bonds. The zero-order valence-corrected chi connectivity index (χ0v) is 18.4. The molecule has 0 spiro atoms. The molecule has 8 nitrogen and oxygen atoms in total. The van der Waals surface area contributed by atoms with Crippen molar-refractivity contribution in [2.75, 3.05) is 4.41 Å². The van der Waals surface area contributed by atoms with Crippen LogP contribution in [0.5, 0.6) is 0 Å². The van der Waals surface area contributed by atoms with Gasteiger partial charge in [-0.2, -0.15) is 4.41 Å². The van der Waals surface area contributed by atoms with Crippen LogP contribution < -0.4 is 68.4 Å². The second-order valence-corrected chi connectivity index (χ2v) is 6.55. The molecule has 0 fully saturated rings. The molecule has 1 N–H and O–H groups in total. The van der Waals surface area contributed by atoms with E-state index in [4.69, 9.17) is 34.8 Å². The summed E-state index contributed by atoms with van der Waals surface area (Å²) in [6, 6.07) is 2.00. The zero-order valence-electron chi connectivity index (χ0n) is 10.5. The van der Waals surface area contributed by atoms with E-state index in [9.17, 15) is 25.9 Å². The number of rotatable bonds is 4. The number of hydrogen-bond donors (Lipinski definition) is 1. The summed E-state index contributed by atoms with van der Waals surface area (Å²) in [5.41, 5.74) is -0.734. The van der Waals surface area contributed by atoms with Gasteiger partial charge < -0.3 is 9.11 Å². The van der Waals surface area contributed by atoms with Crippen LogP contribution in [0, 0.1) is 0 Å². The molecule has 0 atom stereocenters. The molecule has 0 unspecified atom stereocenters. The number of nitrogens with zero attached hydrogens (tertiary/aromatic N) is 1. The molecule has 15 heteroatoms. The predicted molar refractivity (Wildman–Crippen MR) is 66.5 cm³/mol. The Morgan fingerprint density at radius 1 is 0.952 bits per heavy atom. The monoisotopic (exact) mass is 414 g/mol. The number of halogens is 3. The molecule has 0 bridgehead atoms. The number of nitrogens with one attached hydrogen (secondary N) is 1. The fourth-order valence-electron chi connectivity index (χ4n) is 1.03. The van der Waals surface area contributed by atoms with Crippen molar-refractivity contribution in [2.24, 2.45) is 0 Å². The van der Waals surface area contributed by atoms with Crippen molar-refractivity contribution >= 4 is 61.1 Å². The quantitative estimate of drug-likeness (QED) is 0.297. The first-order chi connectivity index (χ1) is 8.42. The Bertz CT molecular complexity index is 690. The van der Waals surface area contributed by atoms with Crippen molar-refractivity contribution < 1.29 is 85.1 Å². The maximum atomic E-state index is 11.0. The van der Waals surface area contributed by atoms with Gasteiger partial charge in [-0.3, -0.25) is 0 Å². The average molecular weight is 416 g/mol. The van der Waals surface area contributed by atoms with Crippen LogP contribution in [-0.2, 0) is 20.6 Å². The molecule has 0 saturated carbocycles. The van der Waals surface area contributed by atoms with Crippen LogP contribution in [0.15, 0.2) is 12.1 Å². The minimum Gasteiger partial charge on any atom is -0.734 e. The van der Waals surface area contributed by atoms with E-state index in [-0.39, 0.29) is 64.1 Å². The molecular formula is C6H3Cl3N2Na2O6S2. The number of hydrogen-bond acceptors (Lipinski definition) is 6. The van der Waals surface area contributed by atoms with Crippen molar-refractivity contribution in [2.45, 2.75) is 0 Å². The van der Waals surface area contributed by atoms with E-state index in [0.717, 1.165) is 17.0 Å². The van der Waals surface area contributed by atoms with Crippen molar-refractivity contribution in [1.82, 2.24) is 4.83 Å². The first kappa shape index (κ1) is 24.9. The van der Waals surface area contributed by atoms with Gasteiger partial charge in [0, 0.05) is 5.02 Å². The van der Waals surface area contributed by atoms with Gasteiger partial charge in [-0.05, 0) is 12.1 Å². The summed E-state index contributed by atoms with van der Waals surface area (Å²) < 4.78 is 64.0. The molecule has 0 heterocycles.